The van der Waals surface area contributed by atoms with Gasteiger partial charge >= 0.3 is 5.97 Å². The van der Waals surface area contributed by atoms with Crippen molar-refractivity contribution in [2.75, 3.05) is 45.9 Å². The van der Waals surface area contributed by atoms with E-state index in [0.29, 0.717) is 30.4 Å². The Morgan fingerprint density at radius 1 is 1.32 bits per heavy atom. The van der Waals surface area contributed by atoms with E-state index in [1.54, 1.807) is 14.0 Å². The van der Waals surface area contributed by atoms with Crippen molar-refractivity contribution < 1.29 is 19.0 Å². The number of nitrogens with one attached hydrogen (secondary N) is 1. The van der Waals surface area contributed by atoms with E-state index in [9.17, 15) is 4.79 Å². The molecule has 1 heterocycles. The molecule has 6 nitrogen and oxygen atoms in total. The number of esters is 1. The Bertz CT molecular complexity index is 395. The van der Waals surface area contributed by atoms with Crippen molar-refractivity contribution in [2.24, 2.45) is 0 Å². The molecule has 0 fully saturated rings. The van der Waals surface area contributed by atoms with Gasteiger partial charge in [0.2, 0.25) is 0 Å². The van der Waals surface area contributed by atoms with Crippen molar-refractivity contribution in [3.63, 3.8) is 0 Å². The molecule has 7 heteroatoms. The van der Waals surface area contributed by atoms with Crippen molar-refractivity contribution in [1.82, 2.24) is 4.98 Å². The molecular weight excluding hydrogens is 268 g/mol. The van der Waals surface area contributed by atoms with Gasteiger partial charge in [0, 0.05) is 20.3 Å². The van der Waals surface area contributed by atoms with Gasteiger partial charge in [0.05, 0.1) is 26.0 Å². The Kier molecular flexibility index (Phi) is 7.39. The lowest BCUT2D eigenvalue weighted by Gasteiger charge is -2.04. The second-order valence-electron chi connectivity index (χ2n) is 3.81. The second kappa shape index (κ2) is 8.84. The van der Waals surface area contributed by atoms with Gasteiger partial charge in [0.15, 0.2) is 5.13 Å². The minimum absolute atomic E-state index is 0.342. The summed E-state index contributed by atoms with van der Waals surface area (Å²) in [6.45, 7) is 4.44. The largest absolute Gasteiger partial charge is 0.465 e. The van der Waals surface area contributed by atoms with Crippen LogP contribution in [-0.2, 0) is 14.2 Å². The third kappa shape index (κ3) is 5.54. The fourth-order valence-electron chi connectivity index (χ4n) is 1.37. The zero-order chi connectivity index (χ0) is 14.1. The summed E-state index contributed by atoms with van der Waals surface area (Å²) < 4.78 is 14.9. The highest BCUT2D eigenvalue weighted by Gasteiger charge is 2.15. The number of thiazole rings is 1. The van der Waals surface area contributed by atoms with E-state index in [1.165, 1.54) is 18.4 Å². The van der Waals surface area contributed by atoms with Crippen LogP contribution >= 0.6 is 11.3 Å². The van der Waals surface area contributed by atoms with Crippen molar-refractivity contribution in [2.45, 2.75) is 13.3 Å². The van der Waals surface area contributed by atoms with E-state index in [1.807, 2.05) is 0 Å². The van der Waals surface area contributed by atoms with Crippen LogP contribution in [0.4, 0.5) is 5.13 Å². The number of hydrogen-bond acceptors (Lipinski definition) is 7. The lowest BCUT2D eigenvalue weighted by molar-refractivity contribution is 0.0605. The van der Waals surface area contributed by atoms with Crippen molar-refractivity contribution in [1.29, 1.82) is 0 Å². The van der Waals surface area contributed by atoms with Crippen LogP contribution in [0.15, 0.2) is 0 Å². The van der Waals surface area contributed by atoms with Gasteiger partial charge in [-0.25, -0.2) is 9.78 Å². The highest BCUT2D eigenvalue weighted by atomic mass is 32.1. The van der Waals surface area contributed by atoms with Crippen molar-refractivity contribution >= 4 is 22.4 Å². The Labute approximate surface area is 117 Å². The molecule has 1 aromatic rings. The van der Waals surface area contributed by atoms with Crippen LogP contribution in [0.3, 0.4) is 0 Å². The van der Waals surface area contributed by atoms with Crippen LogP contribution in [-0.4, -0.2) is 51.5 Å². The quantitative estimate of drug-likeness (QED) is 0.551. The van der Waals surface area contributed by atoms with Crippen LogP contribution in [0, 0.1) is 6.92 Å². The average Bonchev–Trinajstić information content (AvgIpc) is 2.78. The molecule has 108 valence electrons. The summed E-state index contributed by atoms with van der Waals surface area (Å²) in [4.78, 5) is 16.2. The van der Waals surface area contributed by atoms with Gasteiger partial charge in [0.1, 0.15) is 4.88 Å². The average molecular weight is 288 g/mol. The number of anilines is 1. The first-order valence-electron chi connectivity index (χ1n) is 6.05. The van der Waals surface area contributed by atoms with Crippen LogP contribution < -0.4 is 5.32 Å². The summed E-state index contributed by atoms with van der Waals surface area (Å²) >= 11 is 1.31. The highest BCUT2D eigenvalue weighted by Crippen LogP contribution is 2.22. The summed E-state index contributed by atoms with van der Waals surface area (Å²) in [7, 11) is 3.01. The molecule has 0 aliphatic rings. The van der Waals surface area contributed by atoms with E-state index in [0.717, 1.165) is 18.1 Å². The third-order valence-corrected chi connectivity index (χ3v) is 3.44. The zero-order valence-electron chi connectivity index (χ0n) is 11.5. The second-order valence-corrected chi connectivity index (χ2v) is 4.81. The Hall–Kier alpha value is -1.18. The SMILES string of the molecule is COCCOCCCNc1nc(C)c(C(=O)OC)s1. The molecule has 0 saturated carbocycles. The zero-order valence-corrected chi connectivity index (χ0v) is 12.3. The van der Waals surface area contributed by atoms with Gasteiger partial charge in [-0.15, -0.1) is 0 Å². The topological polar surface area (TPSA) is 69.7 Å². The van der Waals surface area contributed by atoms with Crippen molar-refractivity contribution in [3.05, 3.63) is 10.6 Å². The number of aromatic nitrogens is 1. The minimum Gasteiger partial charge on any atom is -0.465 e. The molecule has 0 aromatic carbocycles. The molecule has 0 saturated heterocycles. The number of carbonyl (C=O) groups is 1. The molecule has 0 atom stereocenters. The molecule has 1 N–H and O–H groups in total. The lowest BCUT2D eigenvalue weighted by Crippen LogP contribution is -2.08. The number of methoxy groups -OCH3 is 2. The van der Waals surface area contributed by atoms with E-state index < -0.39 is 0 Å². The smallest absolute Gasteiger partial charge is 0.350 e. The molecule has 0 spiro atoms. The maximum atomic E-state index is 11.4. The fraction of sp³-hybridized carbons (Fsp3) is 0.667. The number of carbonyl (C=O) groups excluding carboxylic acids is 1. The molecule has 0 radical (unpaired) electrons. The minimum atomic E-state index is -0.342. The Morgan fingerprint density at radius 2 is 2.11 bits per heavy atom. The molecule has 0 aliphatic carbocycles. The first kappa shape index (κ1) is 15.9. The van der Waals surface area contributed by atoms with Gasteiger partial charge < -0.3 is 19.5 Å². The van der Waals surface area contributed by atoms with Crippen LogP contribution in [0.1, 0.15) is 21.8 Å². The molecule has 0 unspecified atom stereocenters. The van der Waals surface area contributed by atoms with Gasteiger partial charge in [-0.3, -0.25) is 0 Å². The predicted octanol–water partition coefficient (Wildman–Crippen LogP) is 1.70. The molecule has 1 aromatic heterocycles. The van der Waals surface area contributed by atoms with E-state index in [2.05, 4.69) is 15.0 Å². The molecule has 0 bridgehead atoms. The van der Waals surface area contributed by atoms with Crippen LogP contribution in [0.5, 0.6) is 0 Å². The molecule has 19 heavy (non-hydrogen) atoms. The third-order valence-electron chi connectivity index (χ3n) is 2.34. The Morgan fingerprint density at radius 3 is 2.79 bits per heavy atom. The molecule has 0 aliphatic heterocycles. The van der Waals surface area contributed by atoms with Crippen molar-refractivity contribution in [3.8, 4) is 0 Å². The first-order valence-corrected chi connectivity index (χ1v) is 6.87. The monoisotopic (exact) mass is 288 g/mol. The van der Waals surface area contributed by atoms with Crippen LogP contribution in [0.25, 0.3) is 0 Å². The van der Waals surface area contributed by atoms with E-state index >= 15 is 0 Å². The summed E-state index contributed by atoms with van der Waals surface area (Å²) in [5.74, 6) is -0.342. The number of ether oxygens (including phenoxy) is 3. The standard InChI is InChI=1S/C12H20N2O4S/c1-9-10(11(15)17-3)19-12(14-9)13-5-4-6-18-8-7-16-2/h4-8H2,1-3H3,(H,13,14). The van der Waals surface area contributed by atoms with Gasteiger partial charge in [-0.1, -0.05) is 11.3 Å². The number of rotatable bonds is 9. The lowest BCUT2D eigenvalue weighted by atomic mass is 10.4. The summed E-state index contributed by atoms with van der Waals surface area (Å²) in [5.41, 5.74) is 0.690. The predicted molar refractivity (Wildman–Crippen MR) is 74.0 cm³/mol. The molecular formula is C12H20N2O4S. The normalized spacial score (nSPS) is 10.5. The number of nitrogens with zero attached hydrogens (tertiary/aromatic N) is 1. The summed E-state index contributed by atoms with van der Waals surface area (Å²) in [6, 6.07) is 0. The van der Waals surface area contributed by atoms with E-state index in [4.69, 9.17) is 9.47 Å². The van der Waals surface area contributed by atoms with Gasteiger partial charge in [-0.2, -0.15) is 0 Å². The van der Waals surface area contributed by atoms with E-state index in [-0.39, 0.29) is 5.97 Å². The first-order chi connectivity index (χ1) is 9.19. The summed E-state index contributed by atoms with van der Waals surface area (Å²) in [5, 5.41) is 3.90. The summed E-state index contributed by atoms with van der Waals surface area (Å²) in [6.07, 6.45) is 0.871. The fourth-order valence-corrected chi connectivity index (χ4v) is 2.28. The van der Waals surface area contributed by atoms with Gasteiger partial charge in [0.25, 0.3) is 0 Å². The molecule has 1 rings (SSSR count). The highest BCUT2D eigenvalue weighted by molar-refractivity contribution is 7.17. The van der Waals surface area contributed by atoms with Gasteiger partial charge in [-0.05, 0) is 13.3 Å². The maximum Gasteiger partial charge on any atom is 0.350 e. The maximum absolute atomic E-state index is 11.4. The number of aryl methyl sites for hydroxylation is 1. The molecule has 0 amide bonds. The number of hydrogen-bond donors (Lipinski definition) is 1. The Balaban J connectivity index is 2.25. The van der Waals surface area contributed by atoms with Crippen LogP contribution in [0.2, 0.25) is 0 Å².